The number of carbonyl (C=O) groups is 1. The minimum absolute atomic E-state index is 0.0308. The maximum atomic E-state index is 12.5. The molecule has 1 amide bonds. The topological polar surface area (TPSA) is 90.8 Å². The molecule has 2 aliphatic rings. The number of amides is 1. The molecule has 1 N–H and O–H groups in total. The van der Waals surface area contributed by atoms with E-state index in [4.69, 9.17) is 4.74 Å². The zero-order valence-corrected chi connectivity index (χ0v) is 18.8. The summed E-state index contributed by atoms with van der Waals surface area (Å²) in [5.74, 6) is -0.382. The van der Waals surface area contributed by atoms with E-state index in [1.54, 1.807) is 17.4 Å². The molecule has 2 aromatic rings. The van der Waals surface area contributed by atoms with Gasteiger partial charge in [-0.15, -0.1) is 11.3 Å². The van der Waals surface area contributed by atoms with Gasteiger partial charge in [0.25, 0.3) is 5.91 Å². The summed E-state index contributed by atoms with van der Waals surface area (Å²) in [5.41, 5.74) is 4.76. The van der Waals surface area contributed by atoms with E-state index in [0.717, 1.165) is 66.2 Å². The largest absolute Gasteiger partial charge is 0.376 e. The third kappa shape index (κ3) is 4.17. The minimum Gasteiger partial charge on any atom is -0.376 e. The Balaban J connectivity index is 1.63. The van der Waals surface area contributed by atoms with Gasteiger partial charge in [-0.05, 0) is 75.6 Å². The number of rotatable bonds is 5. The fraction of sp³-hybridized carbons (Fsp3) is 0.458. The number of nitriles is 2. The number of nitrogens with one attached hydrogen (secondary N) is 1. The summed E-state index contributed by atoms with van der Waals surface area (Å²) in [6, 6.07) is 6.43. The van der Waals surface area contributed by atoms with Crippen LogP contribution in [0.1, 0.15) is 58.6 Å². The van der Waals surface area contributed by atoms with Crippen LogP contribution in [0.5, 0.6) is 0 Å². The van der Waals surface area contributed by atoms with Crippen LogP contribution in [0.25, 0.3) is 11.1 Å². The predicted molar refractivity (Wildman–Crippen MR) is 120 cm³/mol. The summed E-state index contributed by atoms with van der Waals surface area (Å²) in [7, 11) is 0. The molecule has 1 saturated heterocycles. The highest BCUT2D eigenvalue weighted by Crippen LogP contribution is 2.38. The molecule has 4 rings (SSSR count). The van der Waals surface area contributed by atoms with Crippen molar-refractivity contribution in [3.8, 4) is 17.1 Å². The van der Waals surface area contributed by atoms with Crippen molar-refractivity contribution in [1.29, 1.82) is 10.5 Å². The van der Waals surface area contributed by atoms with Gasteiger partial charge < -0.3 is 14.6 Å². The Morgan fingerprint density at radius 1 is 1.32 bits per heavy atom. The number of nitrogens with zero attached hydrogens (tertiary/aromatic N) is 3. The molecular weight excluding hydrogens is 408 g/mol. The first-order chi connectivity index (χ1) is 15.0. The van der Waals surface area contributed by atoms with E-state index in [1.807, 2.05) is 26.0 Å². The summed E-state index contributed by atoms with van der Waals surface area (Å²) < 4.78 is 7.62. The van der Waals surface area contributed by atoms with Gasteiger partial charge in [0.05, 0.1) is 11.7 Å². The number of fused-ring (bicyclic) bond motifs is 1. The van der Waals surface area contributed by atoms with E-state index in [9.17, 15) is 15.3 Å². The Labute approximate surface area is 186 Å². The molecule has 0 saturated carbocycles. The third-order valence-corrected chi connectivity index (χ3v) is 7.39. The first kappa shape index (κ1) is 21.4. The highest BCUT2D eigenvalue weighted by molar-refractivity contribution is 7.15. The van der Waals surface area contributed by atoms with Gasteiger partial charge in [-0.25, -0.2) is 0 Å². The number of aryl methyl sites for hydroxylation is 2. The van der Waals surface area contributed by atoms with Crippen LogP contribution in [0.3, 0.4) is 0 Å². The molecule has 1 aliphatic carbocycles. The smallest absolute Gasteiger partial charge is 0.262 e. The molecule has 1 fully saturated rings. The number of hydrogen-bond donors (Lipinski definition) is 1. The quantitative estimate of drug-likeness (QED) is 0.566. The molecule has 1 atom stereocenters. The Hall–Kier alpha value is -2.87. The average Bonchev–Trinajstić information content (AvgIpc) is 3.48. The Morgan fingerprint density at radius 2 is 2.13 bits per heavy atom. The molecule has 0 radical (unpaired) electrons. The highest BCUT2D eigenvalue weighted by Gasteiger charge is 2.24. The number of aromatic nitrogens is 1. The molecule has 7 heteroatoms. The molecule has 3 heterocycles. The lowest BCUT2D eigenvalue weighted by atomic mass is 9.96. The number of ether oxygens (including phenoxy) is 1. The van der Waals surface area contributed by atoms with Gasteiger partial charge in [-0.3, -0.25) is 4.79 Å². The summed E-state index contributed by atoms with van der Waals surface area (Å²) in [5, 5.41) is 23.2. The minimum atomic E-state index is -0.382. The maximum Gasteiger partial charge on any atom is 0.262 e. The summed E-state index contributed by atoms with van der Waals surface area (Å²) in [6.07, 6.45) is 7.90. The van der Waals surface area contributed by atoms with Gasteiger partial charge in [0.2, 0.25) is 0 Å². The lowest BCUT2D eigenvalue weighted by molar-refractivity contribution is -0.117. The predicted octanol–water partition coefficient (Wildman–Crippen LogP) is 4.11. The van der Waals surface area contributed by atoms with Crippen LogP contribution in [0.15, 0.2) is 11.6 Å². The van der Waals surface area contributed by atoms with Crippen molar-refractivity contribution in [2.24, 2.45) is 0 Å². The number of carbonyl (C=O) groups excluding carboxylic acids is 1. The molecule has 0 aromatic carbocycles. The zero-order valence-electron chi connectivity index (χ0n) is 18.0. The Morgan fingerprint density at radius 3 is 2.84 bits per heavy atom. The van der Waals surface area contributed by atoms with Gasteiger partial charge in [-0.1, -0.05) is 0 Å². The molecule has 6 nitrogen and oxygen atoms in total. The van der Waals surface area contributed by atoms with Crippen molar-refractivity contribution in [3.05, 3.63) is 44.6 Å². The number of thiophene rings is 1. The fourth-order valence-electron chi connectivity index (χ4n) is 4.48. The van der Waals surface area contributed by atoms with Crippen LogP contribution in [-0.4, -0.2) is 29.7 Å². The first-order valence-corrected chi connectivity index (χ1v) is 11.6. The van der Waals surface area contributed by atoms with Crippen molar-refractivity contribution < 1.29 is 9.53 Å². The van der Waals surface area contributed by atoms with E-state index in [2.05, 4.69) is 16.0 Å². The fourth-order valence-corrected chi connectivity index (χ4v) is 5.93. The van der Waals surface area contributed by atoms with E-state index < -0.39 is 0 Å². The maximum absolute atomic E-state index is 12.5. The monoisotopic (exact) mass is 434 g/mol. The van der Waals surface area contributed by atoms with Gasteiger partial charge in [0.1, 0.15) is 22.7 Å². The van der Waals surface area contributed by atoms with Crippen LogP contribution < -0.4 is 5.32 Å². The van der Waals surface area contributed by atoms with Crippen molar-refractivity contribution in [2.45, 2.75) is 58.5 Å². The zero-order chi connectivity index (χ0) is 22.0. The van der Waals surface area contributed by atoms with Crippen molar-refractivity contribution in [3.63, 3.8) is 0 Å². The standard InChI is InChI=1S/C24H26N4O2S/c1-15-10-17(11-18(12-25)23(29)27-14-19-6-5-9-30-19)16(2)28(15)24-21(13-26)20-7-3-4-8-22(20)31-24/h10-11,19H,3-9,14H2,1-2H3,(H,27,29)/b18-11+. The van der Waals surface area contributed by atoms with Crippen LogP contribution in [0.4, 0.5) is 0 Å². The van der Waals surface area contributed by atoms with Crippen molar-refractivity contribution in [1.82, 2.24) is 9.88 Å². The van der Waals surface area contributed by atoms with Gasteiger partial charge in [-0.2, -0.15) is 10.5 Å². The molecule has 1 unspecified atom stereocenters. The van der Waals surface area contributed by atoms with Gasteiger partial charge in [0, 0.05) is 29.4 Å². The second-order valence-electron chi connectivity index (χ2n) is 8.18. The molecule has 0 bridgehead atoms. The van der Waals surface area contributed by atoms with Crippen LogP contribution in [0.2, 0.25) is 0 Å². The van der Waals surface area contributed by atoms with Crippen LogP contribution in [0, 0.1) is 36.5 Å². The normalized spacial score (nSPS) is 18.3. The van der Waals surface area contributed by atoms with E-state index in [-0.39, 0.29) is 17.6 Å². The lowest BCUT2D eigenvalue weighted by Gasteiger charge is -2.10. The number of hydrogen-bond acceptors (Lipinski definition) is 5. The molecule has 160 valence electrons. The van der Waals surface area contributed by atoms with Crippen molar-refractivity contribution >= 4 is 23.3 Å². The Kier molecular flexibility index (Phi) is 6.27. The van der Waals surface area contributed by atoms with E-state index >= 15 is 0 Å². The second-order valence-corrected chi connectivity index (χ2v) is 9.26. The van der Waals surface area contributed by atoms with Crippen LogP contribution in [-0.2, 0) is 22.4 Å². The SMILES string of the molecule is Cc1cc(/C=C(\C#N)C(=O)NCC2CCCO2)c(C)n1-c1sc2c(c1C#N)CCCC2. The molecule has 2 aromatic heterocycles. The molecular formula is C24H26N4O2S. The molecule has 1 aliphatic heterocycles. The van der Waals surface area contributed by atoms with E-state index in [1.165, 1.54) is 16.9 Å². The second kappa shape index (κ2) is 9.09. The van der Waals surface area contributed by atoms with Gasteiger partial charge in [0.15, 0.2) is 0 Å². The summed E-state index contributed by atoms with van der Waals surface area (Å²) in [4.78, 5) is 13.8. The van der Waals surface area contributed by atoms with Crippen molar-refractivity contribution in [2.75, 3.05) is 13.2 Å². The first-order valence-electron chi connectivity index (χ1n) is 10.8. The van der Waals surface area contributed by atoms with Crippen LogP contribution >= 0.6 is 11.3 Å². The molecule has 31 heavy (non-hydrogen) atoms. The van der Waals surface area contributed by atoms with Gasteiger partial charge >= 0.3 is 0 Å². The molecule has 0 spiro atoms. The average molecular weight is 435 g/mol. The third-order valence-electron chi connectivity index (χ3n) is 6.12. The van der Waals surface area contributed by atoms with E-state index in [0.29, 0.717) is 6.54 Å². The summed E-state index contributed by atoms with van der Waals surface area (Å²) >= 11 is 1.70. The highest BCUT2D eigenvalue weighted by atomic mass is 32.1. The lowest BCUT2D eigenvalue weighted by Crippen LogP contribution is -2.32. The summed E-state index contributed by atoms with van der Waals surface area (Å²) in [6.45, 7) is 5.11. The Bertz CT molecular complexity index is 1120.